The number of amides is 2. The Balaban J connectivity index is 1.48. The lowest BCUT2D eigenvalue weighted by atomic mass is 10.2. The molecule has 3 aromatic heterocycles. The molecule has 0 aliphatic heterocycles. The topological polar surface area (TPSA) is 91.7 Å². The molecule has 1 saturated carbocycles. The molecule has 4 rings (SSSR count). The summed E-state index contributed by atoms with van der Waals surface area (Å²) in [6, 6.07) is 1.01. The van der Waals surface area contributed by atoms with E-state index in [9.17, 15) is 18.0 Å². The van der Waals surface area contributed by atoms with Gasteiger partial charge in [0, 0.05) is 24.7 Å². The number of fused-ring (bicyclic) bond motifs is 3. The number of carbonyl (C=O) groups excluding carboxylic acids is 1. The number of hydrogen-bond acceptors (Lipinski definition) is 4. The average molecular weight is 381 g/mol. The lowest BCUT2D eigenvalue weighted by molar-refractivity contribution is -0.137. The van der Waals surface area contributed by atoms with Gasteiger partial charge in [0.25, 0.3) is 0 Å². The predicted octanol–water partition coefficient (Wildman–Crippen LogP) is 2.60. The molecule has 0 saturated heterocycles. The number of hydrogen-bond donors (Lipinski definition) is 2. The summed E-state index contributed by atoms with van der Waals surface area (Å²) >= 11 is 0. The Hall–Kier alpha value is -2.85. The van der Waals surface area contributed by atoms with E-state index >= 15 is 0 Å². The maximum atomic E-state index is 12.4. The van der Waals surface area contributed by atoms with Crippen LogP contribution in [0.2, 0.25) is 0 Å². The first kappa shape index (κ1) is 17.6. The van der Waals surface area contributed by atoms with Crippen molar-refractivity contribution in [3.63, 3.8) is 0 Å². The van der Waals surface area contributed by atoms with E-state index in [1.54, 1.807) is 12.4 Å². The van der Waals surface area contributed by atoms with Gasteiger partial charge in [-0.05, 0) is 25.3 Å². The predicted molar refractivity (Wildman–Crippen MR) is 91.1 cm³/mol. The van der Waals surface area contributed by atoms with Crippen molar-refractivity contribution in [2.45, 2.75) is 37.5 Å². The minimum atomic E-state index is -4.41. The van der Waals surface area contributed by atoms with E-state index in [2.05, 4.69) is 25.6 Å². The number of alkyl halides is 3. The van der Waals surface area contributed by atoms with Crippen molar-refractivity contribution in [2.24, 2.45) is 0 Å². The lowest BCUT2D eigenvalue weighted by Gasteiger charge is -2.22. The van der Waals surface area contributed by atoms with Crippen LogP contribution in [0.25, 0.3) is 22.1 Å². The van der Waals surface area contributed by atoms with E-state index in [1.807, 2.05) is 10.7 Å². The summed E-state index contributed by atoms with van der Waals surface area (Å²) in [5, 5.41) is 10.8. The number of H-pyrrole nitrogens is 1. The molecule has 3 heterocycles. The van der Waals surface area contributed by atoms with Crippen molar-refractivity contribution in [1.29, 1.82) is 0 Å². The molecule has 3 aromatic rings. The van der Waals surface area contributed by atoms with Crippen LogP contribution < -0.4 is 5.32 Å². The fourth-order valence-electron chi connectivity index (χ4n) is 3.64. The molecule has 1 aliphatic rings. The molecule has 0 aromatic carbocycles. The number of rotatable bonds is 3. The molecule has 0 radical (unpaired) electrons. The van der Waals surface area contributed by atoms with Gasteiger partial charge in [-0.1, -0.05) is 0 Å². The molecular formula is C16H18F3N7O. The molecular weight excluding hydrogens is 363 g/mol. The van der Waals surface area contributed by atoms with Gasteiger partial charge in [-0.2, -0.15) is 18.3 Å². The highest BCUT2D eigenvalue weighted by Gasteiger charge is 2.33. The standard InChI is InChI=1S/C16H18F3N7O/c1-25(8-16(17,18)19)15(27)22-9-2-3-10(6-9)26-13-11-4-5-20-14(11)21-7-12(13)23-24-26/h4-5,7,9-10,24H,2-3,6,8H2,1H3,(H,22,27)/t9-,10-/m1/s1. The van der Waals surface area contributed by atoms with Gasteiger partial charge < -0.3 is 10.2 Å². The zero-order valence-corrected chi connectivity index (χ0v) is 14.5. The summed E-state index contributed by atoms with van der Waals surface area (Å²) in [6.07, 6.45) is 0.971. The molecule has 2 atom stereocenters. The minimum Gasteiger partial charge on any atom is -0.335 e. The van der Waals surface area contributed by atoms with Gasteiger partial charge in [-0.3, -0.25) is 4.68 Å². The Morgan fingerprint density at radius 1 is 1.41 bits per heavy atom. The highest BCUT2D eigenvalue weighted by molar-refractivity contribution is 6.00. The largest absolute Gasteiger partial charge is 0.406 e. The fourth-order valence-corrected chi connectivity index (χ4v) is 3.64. The summed E-state index contributed by atoms with van der Waals surface area (Å²) in [5.41, 5.74) is 2.24. The zero-order valence-electron chi connectivity index (χ0n) is 14.5. The molecule has 1 aliphatic carbocycles. The average Bonchev–Trinajstić information content (AvgIpc) is 3.30. The van der Waals surface area contributed by atoms with Crippen molar-refractivity contribution < 1.29 is 18.0 Å². The van der Waals surface area contributed by atoms with Gasteiger partial charge in [0.05, 0.1) is 17.8 Å². The minimum absolute atomic E-state index is 0.0497. The van der Waals surface area contributed by atoms with E-state index in [0.717, 1.165) is 24.4 Å². The smallest absolute Gasteiger partial charge is 0.335 e. The Kier molecular flexibility index (Phi) is 4.16. The first-order valence-electron chi connectivity index (χ1n) is 8.56. The van der Waals surface area contributed by atoms with Crippen molar-refractivity contribution in [2.75, 3.05) is 13.6 Å². The van der Waals surface area contributed by atoms with Gasteiger partial charge in [0.2, 0.25) is 0 Å². The Morgan fingerprint density at radius 3 is 3.00 bits per heavy atom. The normalized spacial score (nSPS) is 20.4. The molecule has 11 heteroatoms. The van der Waals surface area contributed by atoms with Gasteiger partial charge in [-0.15, -0.1) is 0 Å². The fraction of sp³-hybridized carbons (Fsp3) is 0.500. The highest BCUT2D eigenvalue weighted by atomic mass is 19.4. The first-order valence-corrected chi connectivity index (χ1v) is 8.56. The van der Waals surface area contributed by atoms with Crippen molar-refractivity contribution in [1.82, 2.24) is 35.2 Å². The van der Waals surface area contributed by atoms with E-state index in [0.29, 0.717) is 28.9 Å². The second kappa shape index (κ2) is 6.39. The number of nitrogens with zero attached hydrogens (tertiary/aromatic N) is 5. The summed E-state index contributed by atoms with van der Waals surface area (Å²) in [7, 11) is 1.14. The van der Waals surface area contributed by atoms with Gasteiger partial charge in [-0.25, -0.2) is 20.0 Å². The van der Waals surface area contributed by atoms with Crippen LogP contribution in [0.1, 0.15) is 25.3 Å². The molecule has 1 fully saturated rings. The third-order valence-electron chi connectivity index (χ3n) is 4.87. The summed E-state index contributed by atoms with van der Waals surface area (Å²) in [4.78, 5) is 21.1. The molecule has 27 heavy (non-hydrogen) atoms. The van der Waals surface area contributed by atoms with E-state index < -0.39 is 18.8 Å². The summed E-state index contributed by atoms with van der Waals surface area (Å²) < 4.78 is 39.2. The Labute approximate surface area is 151 Å². The Bertz CT molecular complexity index is 979. The zero-order chi connectivity index (χ0) is 19.2. The molecule has 2 amide bonds. The maximum Gasteiger partial charge on any atom is 0.406 e. The van der Waals surface area contributed by atoms with Gasteiger partial charge in [0.15, 0.2) is 5.65 Å². The maximum absolute atomic E-state index is 12.4. The summed E-state index contributed by atoms with van der Waals surface area (Å²) in [5.74, 6) is 0. The number of aromatic nitrogens is 5. The van der Waals surface area contributed by atoms with Crippen LogP contribution >= 0.6 is 0 Å². The molecule has 0 spiro atoms. The highest BCUT2D eigenvalue weighted by Crippen LogP contribution is 2.33. The number of pyridine rings is 1. The van der Waals surface area contributed by atoms with Crippen LogP contribution in [0.4, 0.5) is 18.0 Å². The van der Waals surface area contributed by atoms with Crippen molar-refractivity contribution >= 4 is 28.1 Å². The second-order valence-corrected chi connectivity index (χ2v) is 6.84. The van der Waals surface area contributed by atoms with Crippen LogP contribution in [-0.4, -0.2) is 61.7 Å². The van der Waals surface area contributed by atoms with Gasteiger partial charge in [0.1, 0.15) is 12.1 Å². The third-order valence-corrected chi connectivity index (χ3v) is 4.87. The Morgan fingerprint density at radius 2 is 2.22 bits per heavy atom. The van der Waals surface area contributed by atoms with E-state index in [4.69, 9.17) is 0 Å². The quantitative estimate of drug-likeness (QED) is 0.730. The molecule has 0 unspecified atom stereocenters. The van der Waals surface area contributed by atoms with Crippen molar-refractivity contribution in [3.8, 4) is 0 Å². The van der Waals surface area contributed by atoms with Crippen molar-refractivity contribution in [3.05, 3.63) is 18.5 Å². The monoisotopic (exact) mass is 381 g/mol. The number of nitrogens with one attached hydrogen (secondary N) is 2. The van der Waals surface area contributed by atoms with E-state index in [1.165, 1.54) is 0 Å². The van der Waals surface area contributed by atoms with E-state index in [-0.39, 0.29) is 12.1 Å². The number of urea groups is 1. The molecule has 144 valence electrons. The number of halogens is 3. The van der Waals surface area contributed by atoms with Crippen LogP contribution in [0.5, 0.6) is 0 Å². The second-order valence-electron chi connectivity index (χ2n) is 6.84. The molecule has 0 bridgehead atoms. The van der Waals surface area contributed by atoms with Crippen LogP contribution in [0, 0.1) is 0 Å². The van der Waals surface area contributed by atoms with Crippen LogP contribution in [0.3, 0.4) is 0 Å². The SMILES string of the molecule is CN(CC(F)(F)F)C(=O)N[C@@H]1CC[C@@H](n2[nH]nc3cnc4nccc4c32)C1. The van der Waals surface area contributed by atoms with Crippen LogP contribution in [-0.2, 0) is 0 Å². The third kappa shape index (κ3) is 3.40. The van der Waals surface area contributed by atoms with Gasteiger partial charge >= 0.3 is 12.2 Å². The lowest BCUT2D eigenvalue weighted by Crippen LogP contribution is -2.45. The number of carbonyl (C=O) groups is 1. The summed E-state index contributed by atoms with van der Waals surface area (Å²) in [6.45, 7) is -1.27. The van der Waals surface area contributed by atoms with Crippen LogP contribution in [0.15, 0.2) is 18.5 Å². The first-order chi connectivity index (χ1) is 12.8. The molecule has 8 nitrogen and oxygen atoms in total. The number of aromatic amines is 1. The molecule has 2 N–H and O–H groups in total.